The average molecular weight is 457 g/mol. The molecule has 34 heavy (non-hydrogen) atoms. The molecule has 4 rings (SSSR count). The highest BCUT2D eigenvalue weighted by Gasteiger charge is 2.36. The first-order valence-corrected chi connectivity index (χ1v) is 12.3. The normalized spacial score (nSPS) is 16.1. The molecule has 0 bridgehead atoms. The van der Waals surface area contributed by atoms with Crippen LogP contribution in [0.25, 0.3) is 11.1 Å². The number of nitrogens with zero attached hydrogens (tertiary/aromatic N) is 2. The van der Waals surface area contributed by atoms with Gasteiger partial charge >= 0.3 is 5.97 Å². The first-order chi connectivity index (χ1) is 16.5. The summed E-state index contributed by atoms with van der Waals surface area (Å²) in [6.07, 6.45) is 1.74. The lowest BCUT2D eigenvalue weighted by atomic mass is 9.78. The van der Waals surface area contributed by atoms with Gasteiger partial charge in [0.15, 0.2) is 0 Å². The molecule has 0 saturated carbocycles. The number of benzene rings is 3. The first-order valence-electron chi connectivity index (χ1n) is 12.3. The van der Waals surface area contributed by atoms with E-state index >= 15 is 0 Å². The molecule has 0 amide bonds. The van der Waals surface area contributed by atoms with E-state index in [1.54, 1.807) is 0 Å². The summed E-state index contributed by atoms with van der Waals surface area (Å²) in [4.78, 5) is 17.6. The molecule has 0 aromatic heterocycles. The zero-order chi connectivity index (χ0) is 24.0. The molecule has 0 radical (unpaired) electrons. The summed E-state index contributed by atoms with van der Waals surface area (Å²) in [5.74, 6) is -0.156. The third-order valence-electron chi connectivity index (χ3n) is 7.13. The number of piperazine rings is 1. The molecule has 1 aliphatic rings. The highest BCUT2D eigenvalue weighted by atomic mass is 16.5. The van der Waals surface area contributed by atoms with Crippen molar-refractivity contribution in [2.24, 2.45) is 0 Å². The minimum Gasteiger partial charge on any atom is -0.468 e. The summed E-state index contributed by atoms with van der Waals surface area (Å²) in [6.45, 7) is 9.25. The maximum Gasteiger partial charge on any atom is 0.315 e. The Morgan fingerprint density at radius 1 is 0.882 bits per heavy atom. The molecule has 1 unspecified atom stereocenters. The fourth-order valence-electron chi connectivity index (χ4n) is 4.99. The number of anilines is 1. The van der Waals surface area contributed by atoms with Crippen molar-refractivity contribution in [3.05, 3.63) is 90.0 Å². The fourth-order valence-corrected chi connectivity index (χ4v) is 4.99. The monoisotopic (exact) mass is 456 g/mol. The van der Waals surface area contributed by atoms with Crippen LogP contribution in [0.2, 0.25) is 0 Å². The van der Waals surface area contributed by atoms with Gasteiger partial charge in [0.25, 0.3) is 0 Å². The van der Waals surface area contributed by atoms with Crippen molar-refractivity contribution in [1.29, 1.82) is 0 Å². The molecular formula is C30H36N2O2. The van der Waals surface area contributed by atoms with Gasteiger partial charge in [-0.1, -0.05) is 72.3 Å². The number of carbonyl (C=O) groups is 1. The Bertz CT molecular complexity index is 1090. The number of rotatable bonds is 8. The van der Waals surface area contributed by atoms with Gasteiger partial charge in [0.2, 0.25) is 0 Å². The maximum atomic E-state index is 12.6. The van der Waals surface area contributed by atoms with Gasteiger partial charge in [0.1, 0.15) is 0 Å². The van der Waals surface area contributed by atoms with Crippen LogP contribution >= 0.6 is 0 Å². The van der Waals surface area contributed by atoms with Gasteiger partial charge < -0.3 is 9.64 Å². The summed E-state index contributed by atoms with van der Waals surface area (Å²) in [5.41, 5.74) is 5.54. The lowest BCUT2D eigenvalue weighted by Gasteiger charge is -2.37. The molecule has 1 aliphatic heterocycles. The first kappa shape index (κ1) is 24.0. The van der Waals surface area contributed by atoms with Gasteiger partial charge in [0.05, 0.1) is 12.5 Å². The van der Waals surface area contributed by atoms with E-state index in [0.717, 1.165) is 51.1 Å². The van der Waals surface area contributed by atoms with Crippen LogP contribution in [0.5, 0.6) is 0 Å². The molecule has 178 valence electrons. The quantitative estimate of drug-likeness (QED) is 0.407. The van der Waals surface area contributed by atoms with Gasteiger partial charge in [-0.3, -0.25) is 9.69 Å². The molecule has 1 saturated heterocycles. The van der Waals surface area contributed by atoms with E-state index in [-0.39, 0.29) is 5.97 Å². The Balaban J connectivity index is 1.32. The summed E-state index contributed by atoms with van der Waals surface area (Å²) in [7, 11) is 1.48. The lowest BCUT2D eigenvalue weighted by molar-refractivity contribution is -0.147. The second-order valence-electron chi connectivity index (χ2n) is 9.54. The number of esters is 1. The highest BCUT2D eigenvalue weighted by molar-refractivity contribution is 5.82. The molecule has 1 heterocycles. The third kappa shape index (κ3) is 5.51. The summed E-state index contributed by atoms with van der Waals surface area (Å²) < 4.78 is 5.16. The van der Waals surface area contributed by atoms with Gasteiger partial charge in [-0.25, -0.2) is 0 Å². The Hall–Kier alpha value is -3.11. The van der Waals surface area contributed by atoms with E-state index in [1.807, 2.05) is 37.3 Å². The van der Waals surface area contributed by atoms with Crippen LogP contribution in [-0.2, 0) is 14.9 Å². The number of ether oxygens (including phenoxy) is 1. The lowest BCUT2D eigenvalue weighted by Crippen LogP contribution is -2.47. The van der Waals surface area contributed by atoms with E-state index in [4.69, 9.17) is 4.74 Å². The average Bonchev–Trinajstić information content (AvgIpc) is 2.89. The van der Waals surface area contributed by atoms with Crippen molar-refractivity contribution in [2.45, 2.75) is 32.1 Å². The Morgan fingerprint density at radius 2 is 1.56 bits per heavy atom. The van der Waals surface area contributed by atoms with Crippen LogP contribution in [0.15, 0.2) is 78.9 Å². The van der Waals surface area contributed by atoms with Crippen LogP contribution in [0.3, 0.4) is 0 Å². The van der Waals surface area contributed by atoms with E-state index in [1.165, 1.54) is 29.5 Å². The molecule has 3 aromatic rings. The molecule has 4 heteroatoms. The van der Waals surface area contributed by atoms with E-state index < -0.39 is 5.41 Å². The molecule has 1 atom stereocenters. The standard InChI is InChI=1S/C30H36N2O2/c1-24-10-7-11-25(22-24)26-12-8-15-28(23-26)32-20-18-31(19-21-32)17-9-16-30(2,29(33)34-3)27-13-5-4-6-14-27/h4-8,10-15,22-23H,9,16-21H2,1-3H3. The second-order valence-corrected chi connectivity index (χ2v) is 9.54. The van der Waals surface area contributed by atoms with Gasteiger partial charge in [-0.05, 0) is 62.1 Å². The number of hydrogen-bond acceptors (Lipinski definition) is 4. The molecule has 0 aliphatic carbocycles. The van der Waals surface area contributed by atoms with Gasteiger partial charge in [0, 0.05) is 31.9 Å². The van der Waals surface area contributed by atoms with Crippen molar-refractivity contribution in [3.8, 4) is 11.1 Å². The van der Waals surface area contributed by atoms with E-state index in [9.17, 15) is 4.79 Å². The van der Waals surface area contributed by atoms with Crippen LogP contribution < -0.4 is 4.90 Å². The predicted octanol–water partition coefficient (Wildman–Crippen LogP) is 5.70. The maximum absolute atomic E-state index is 12.6. The fraction of sp³-hybridized carbons (Fsp3) is 0.367. The van der Waals surface area contributed by atoms with Crippen LogP contribution in [0.4, 0.5) is 5.69 Å². The second kappa shape index (κ2) is 10.9. The van der Waals surface area contributed by atoms with Crippen LogP contribution in [-0.4, -0.2) is 50.7 Å². The largest absolute Gasteiger partial charge is 0.468 e. The summed E-state index contributed by atoms with van der Waals surface area (Å²) >= 11 is 0. The molecule has 3 aromatic carbocycles. The summed E-state index contributed by atoms with van der Waals surface area (Å²) in [6, 6.07) is 27.6. The molecule has 0 spiro atoms. The van der Waals surface area contributed by atoms with Gasteiger partial charge in [-0.15, -0.1) is 0 Å². The van der Waals surface area contributed by atoms with Crippen molar-refractivity contribution >= 4 is 11.7 Å². The van der Waals surface area contributed by atoms with Crippen molar-refractivity contribution in [3.63, 3.8) is 0 Å². The Labute approximate surface area is 204 Å². The topological polar surface area (TPSA) is 32.8 Å². The van der Waals surface area contributed by atoms with E-state index in [2.05, 4.69) is 65.3 Å². The minimum absolute atomic E-state index is 0.156. The van der Waals surface area contributed by atoms with Gasteiger partial charge in [-0.2, -0.15) is 0 Å². The highest BCUT2D eigenvalue weighted by Crippen LogP contribution is 2.31. The number of aryl methyl sites for hydroxylation is 1. The predicted molar refractivity (Wildman–Crippen MR) is 140 cm³/mol. The zero-order valence-electron chi connectivity index (χ0n) is 20.7. The zero-order valence-corrected chi connectivity index (χ0v) is 20.7. The van der Waals surface area contributed by atoms with E-state index in [0.29, 0.717) is 0 Å². The molecular weight excluding hydrogens is 420 g/mol. The SMILES string of the molecule is COC(=O)C(C)(CCCN1CCN(c2cccc(-c3cccc(C)c3)c2)CC1)c1ccccc1. The summed E-state index contributed by atoms with van der Waals surface area (Å²) in [5, 5.41) is 0. The van der Waals surface area contributed by atoms with Crippen molar-refractivity contribution < 1.29 is 9.53 Å². The Kier molecular flexibility index (Phi) is 7.69. The number of methoxy groups -OCH3 is 1. The number of hydrogen-bond donors (Lipinski definition) is 0. The molecule has 1 fully saturated rings. The molecule has 4 nitrogen and oxygen atoms in total. The van der Waals surface area contributed by atoms with Crippen molar-refractivity contribution in [2.75, 3.05) is 44.7 Å². The van der Waals surface area contributed by atoms with Crippen LogP contribution in [0.1, 0.15) is 30.9 Å². The van der Waals surface area contributed by atoms with Crippen LogP contribution in [0, 0.1) is 6.92 Å². The minimum atomic E-state index is -0.603. The molecule has 0 N–H and O–H groups in total. The Morgan fingerprint density at radius 3 is 2.24 bits per heavy atom. The smallest absolute Gasteiger partial charge is 0.315 e. The third-order valence-corrected chi connectivity index (χ3v) is 7.13. The van der Waals surface area contributed by atoms with Crippen molar-refractivity contribution in [1.82, 2.24) is 4.90 Å². The number of carbonyl (C=O) groups excluding carboxylic acids is 1.